The van der Waals surface area contributed by atoms with E-state index in [0.29, 0.717) is 42.1 Å². The molecule has 9 heteroatoms. The van der Waals surface area contributed by atoms with Crippen molar-refractivity contribution in [3.63, 3.8) is 0 Å². The van der Waals surface area contributed by atoms with Crippen molar-refractivity contribution in [3.05, 3.63) is 57.4 Å². The molecule has 3 amide bonds. The summed E-state index contributed by atoms with van der Waals surface area (Å²) >= 11 is 1.63. The van der Waals surface area contributed by atoms with E-state index in [1.54, 1.807) is 30.4 Å². The minimum Gasteiger partial charge on any atom is -0.339 e. The number of urea groups is 1. The van der Waals surface area contributed by atoms with Gasteiger partial charge in [0.05, 0.1) is 0 Å². The zero-order valence-electron chi connectivity index (χ0n) is 17.0. The van der Waals surface area contributed by atoms with E-state index in [4.69, 9.17) is 4.52 Å². The molecule has 1 aromatic carbocycles. The van der Waals surface area contributed by atoms with E-state index in [9.17, 15) is 14.0 Å². The molecule has 31 heavy (non-hydrogen) atoms. The average molecular weight is 441 g/mol. The van der Waals surface area contributed by atoms with E-state index >= 15 is 0 Å². The third-order valence-corrected chi connectivity index (χ3v) is 6.99. The number of carbonyl (C=O) groups excluding carboxylic acids is 2. The van der Waals surface area contributed by atoms with Crippen LogP contribution in [0.15, 0.2) is 34.2 Å². The number of nitrogens with zero attached hydrogens (tertiary/aromatic N) is 3. The fourth-order valence-electron chi connectivity index (χ4n) is 4.34. The fraction of sp³-hybridized carbons (Fsp3) is 0.364. The Morgan fingerprint density at radius 1 is 1.32 bits per heavy atom. The molecule has 7 nitrogen and oxygen atoms in total. The van der Waals surface area contributed by atoms with Gasteiger partial charge in [-0.3, -0.25) is 9.69 Å². The number of hydrogen-bond acceptors (Lipinski definition) is 6. The summed E-state index contributed by atoms with van der Waals surface area (Å²) in [5, 5.41) is 8.85. The number of halogens is 1. The van der Waals surface area contributed by atoms with Crippen LogP contribution >= 0.6 is 11.3 Å². The van der Waals surface area contributed by atoms with Crippen molar-refractivity contribution in [2.75, 3.05) is 6.54 Å². The Hall–Kier alpha value is -3.07. The third kappa shape index (κ3) is 3.33. The highest BCUT2D eigenvalue weighted by molar-refractivity contribution is 7.10. The molecule has 1 N–H and O–H groups in total. The van der Waals surface area contributed by atoms with Crippen molar-refractivity contribution in [2.45, 2.75) is 44.6 Å². The lowest BCUT2D eigenvalue weighted by molar-refractivity contribution is -0.132. The first-order valence-electron chi connectivity index (χ1n) is 10.3. The molecule has 2 aliphatic rings. The van der Waals surface area contributed by atoms with Gasteiger partial charge in [-0.25, -0.2) is 9.18 Å². The first-order chi connectivity index (χ1) is 15.0. The number of rotatable bonds is 5. The maximum absolute atomic E-state index is 13.8. The highest BCUT2D eigenvalue weighted by Crippen LogP contribution is 2.42. The molecule has 0 saturated carbocycles. The molecule has 1 unspecified atom stereocenters. The molecule has 3 aromatic rings. The summed E-state index contributed by atoms with van der Waals surface area (Å²) in [5.74, 6) is 0.191. The van der Waals surface area contributed by atoms with Gasteiger partial charge < -0.3 is 9.84 Å². The summed E-state index contributed by atoms with van der Waals surface area (Å²) in [7, 11) is 0. The van der Waals surface area contributed by atoms with E-state index in [0.717, 1.165) is 18.4 Å². The molecule has 2 aromatic heterocycles. The first-order valence-corrected chi connectivity index (χ1v) is 11.2. The van der Waals surface area contributed by atoms with E-state index in [1.807, 2.05) is 11.4 Å². The highest BCUT2D eigenvalue weighted by Gasteiger charge is 2.54. The third-order valence-electron chi connectivity index (χ3n) is 6.01. The number of imide groups is 1. The lowest BCUT2D eigenvalue weighted by Crippen LogP contribution is -2.46. The minimum absolute atomic E-state index is 0.182. The van der Waals surface area contributed by atoms with Crippen LogP contribution in [0.2, 0.25) is 0 Å². The van der Waals surface area contributed by atoms with Gasteiger partial charge in [0.1, 0.15) is 11.4 Å². The maximum atomic E-state index is 13.8. The summed E-state index contributed by atoms with van der Waals surface area (Å²) in [6, 6.07) is 6.38. The van der Waals surface area contributed by atoms with Crippen LogP contribution in [0.5, 0.6) is 0 Å². The number of aryl methyl sites for hydroxylation is 3. The van der Waals surface area contributed by atoms with Crippen LogP contribution in [0.3, 0.4) is 0 Å². The Morgan fingerprint density at radius 2 is 2.19 bits per heavy atom. The molecule has 1 aliphatic carbocycles. The number of hydrogen-bond donors (Lipinski definition) is 1. The normalized spacial score (nSPS) is 20.4. The van der Waals surface area contributed by atoms with Crippen LogP contribution in [0, 0.1) is 12.7 Å². The number of fused-ring (bicyclic) bond motifs is 2. The van der Waals surface area contributed by atoms with Gasteiger partial charge in [-0.05, 0) is 55.7 Å². The molecule has 1 aliphatic heterocycles. The molecule has 3 heterocycles. The van der Waals surface area contributed by atoms with Crippen LogP contribution in [-0.4, -0.2) is 33.5 Å². The molecular weight excluding hydrogens is 419 g/mol. The number of thiophene rings is 1. The van der Waals surface area contributed by atoms with E-state index in [1.165, 1.54) is 15.8 Å². The average Bonchev–Trinajstić information content (AvgIpc) is 3.47. The zero-order chi connectivity index (χ0) is 21.6. The number of carbonyl (C=O) groups is 2. The molecule has 1 fully saturated rings. The number of benzene rings is 1. The Balaban J connectivity index is 1.25. The Labute approximate surface area is 182 Å². The predicted octanol–water partition coefficient (Wildman–Crippen LogP) is 3.96. The minimum atomic E-state index is -0.919. The van der Waals surface area contributed by atoms with Gasteiger partial charge in [0.15, 0.2) is 0 Å². The molecule has 5 rings (SSSR count). The van der Waals surface area contributed by atoms with Gasteiger partial charge >= 0.3 is 6.03 Å². The first kappa shape index (κ1) is 19.9. The molecular formula is C22H21FN4O3S. The molecule has 0 bridgehead atoms. The Kier molecular flexibility index (Phi) is 4.85. The summed E-state index contributed by atoms with van der Waals surface area (Å²) < 4.78 is 19.0. The summed E-state index contributed by atoms with van der Waals surface area (Å²) in [5.41, 5.74) is 1.11. The summed E-state index contributed by atoms with van der Waals surface area (Å²) in [6.45, 7) is 1.95. The van der Waals surface area contributed by atoms with E-state index in [-0.39, 0.29) is 24.3 Å². The number of aromatic nitrogens is 2. The van der Waals surface area contributed by atoms with Crippen LogP contribution < -0.4 is 5.32 Å². The van der Waals surface area contributed by atoms with Gasteiger partial charge in [0.2, 0.25) is 11.7 Å². The second-order valence-electron chi connectivity index (χ2n) is 7.98. The Morgan fingerprint density at radius 3 is 3.03 bits per heavy atom. The van der Waals surface area contributed by atoms with Crippen LogP contribution in [0.4, 0.5) is 9.18 Å². The lowest BCUT2D eigenvalue weighted by Gasteiger charge is -2.31. The quantitative estimate of drug-likeness (QED) is 0.607. The number of amides is 3. The van der Waals surface area contributed by atoms with Crippen molar-refractivity contribution in [1.82, 2.24) is 20.4 Å². The van der Waals surface area contributed by atoms with Crippen LogP contribution in [0.1, 0.15) is 41.2 Å². The predicted molar refractivity (Wildman–Crippen MR) is 112 cm³/mol. The van der Waals surface area contributed by atoms with Crippen molar-refractivity contribution < 1.29 is 18.5 Å². The molecule has 1 atom stereocenters. The molecule has 160 valence electrons. The summed E-state index contributed by atoms with van der Waals surface area (Å²) in [6.07, 6.45) is 3.35. The van der Waals surface area contributed by atoms with Gasteiger partial charge in [0.25, 0.3) is 5.91 Å². The SMILES string of the molecule is Cc1ccc(-c2noc(CCCN3C(=O)NC4(CCCc5sccc54)C3=O)n2)cc1F. The fourth-order valence-corrected chi connectivity index (χ4v) is 5.34. The smallest absolute Gasteiger partial charge is 0.325 e. The summed E-state index contributed by atoms with van der Waals surface area (Å²) in [4.78, 5) is 32.6. The van der Waals surface area contributed by atoms with Crippen LogP contribution in [0.25, 0.3) is 11.4 Å². The van der Waals surface area contributed by atoms with E-state index in [2.05, 4.69) is 15.5 Å². The van der Waals surface area contributed by atoms with Crippen molar-refractivity contribution in [3.8, 4) is 11.4 Å². The highest BCUT2D eigenvalue weighted by atomic mass is 32.1. The number of nitrogens with one attached hydrogen (secondary N) is 1. The van der Waals surface area contributed by atoms with Gasteiger partial charge in [-0.2, -0.15) is 4.98 Å². The Bertz CT molecular complexity index is 1170. The molecule has 0 radical (unpaired) electrons. The zero-order valence-corrected chi connectivity index (χ0v) is 17.8. The largest absolute Gasteiger partial charge is 0.339 e. The second-order valence-corrected chi connectivity index (χ2v) is 8.98. The second kappa shape index (κ2) is 7.56. The van der Waals surface area contributed by atoms with Crippen molar-refractivity contribution >= 4 is 23.3 Å². The topological polar surface area (TPSA) is 88.3 Å². The van der Waals surface area contributed by atoms with Crippen molar-refractivity contribution in [2.24, 2.45) is 0 Å². The van der Waals surface area contributed by atoms with Gasteiger partial charge in [-0.1, -0.05) is 17.3 Å². The maximum Gasteiger partial charge on any atom is 0.325 e. The molecule has 1 spiro atoms. The van der Waals surface area contributed by atoms with Gasteiger partial charge in [0, 0.05) is 29.0 Å². The van der Waals surface area contributed by atoms with Crippen LogP contribution in [-0.2, 0) is 23.2 Å². The molecule has 1 saturated heterocycles. The monoisotopic (exact) mass is 440 g/mol. The van der Waals surface area contributed by atoms with Gasteiger partial charge in [-0.15, -0.1) is 11.3 Å². The van der Waals surface area contributed by atoms with Crippen molar-refractivity contribution in [1.29, 1.82) is 0 Å². The standard InChI is InChI=1S/C22H21FN4O3S/c1-13-6-7-14(12-16(13)23)19-24-18(30-26-19)5-3-10-27-20(28)22(25-21(27)29)9-2-4-17-15(22)8-11-31-17/h6-8,11-12H,2-5,9-10H2,1H3,(H,25,29). The van der Waals surface area contributed by atoms with E-state index < -0.39 is 5.54 Å². The lowest BCUT2D eigenvalue weighted by atomic mass is 9.80.